The van der Waals surface area contributed by atoms with Crippen LogP contribution in [0.4, 0.5) is 0 Å². The summed E-state index contributed by atoms with van der Waals surface area (Å²) in [6.07, 6.45) is 13.5. The molecule has 3 heteroatoms. The zero-order chi connectivity index (χ0) is 14.7. The van der Waals surface area contributed by atoms with Crippen molar-refractivity contribution < 1.29 is 4.79 Å². The lowest BCUT2D eigenvalue weighted by Gasteiger charge is -2.26. The number of unbranched alkanes of at least 4 members (excludes halogenated alkanes) is 7. The summed E-state index contributed by atoms with van der Waals surface area (Å²) in [5.74, 6) is 0.223. The molecule has 1 aliphatic heterocycles. The highest BCUT2D eigenvalue weighted by atomic mass is 16.2. The first kappa shape index (κ1) is 17.5. The zero-order valence-electron chi connectivity index (χ0n) is 13.6. The number of carbonyl (C=O) groups excluding carboxylic acids is 1. The monoisotopic (exact) mass is 282 g/mol. The Bertz CT molecular complexity index is 260. The normalized spacial score (nSPS) is 22.1. The number of amides is 1. The van der Waals surface area contributed by atoms with Gasteiger partial charge < -0.3 is 10.6 Å². The Morgan fingerprint density at radius 2 is 1.70 bits per heavy atom. The third-order valence-electron chi connectivity index (χ3n) is 4.60. The SMILES string of the molecule is CCCCCCCCCCNC(=O)C1(CC)CCCN1. The molecule has 0 spiro atoms. The van der Waals surface area contributed by atoms with Crippen LogP contribution >= 0.6 is 0 Å². The lowest BCUT2D eigenvalue weighted by molar-refractivity contribution is -0.127. The number of nitrogens with one attached hydrogen (secondary N) is 2. The van der Waals surface area contributed by atoms with Crippen molar-refractivity contribution in [2.45, 2.75) is 90.0 Å². The van der Waals surface area contributed by atoms with E-state index in [-0.39, 0.29) is 11.4 Å². The quantitative estimate of drug-likeness (QED) is 0.566. The Hall–Kier alpha value is -0.570. The van der Waals surface area contributed by atoms with Crippen molar-refractivity contribution in [3.63, 3.8) is 0 Å². The van der Waals surface area contributed by atoms with Crippen LogP contribution in [0.25, 0.3) is 0 Å². The highest BCUT2D eigenvalue weighted by Gasteiger charge is 2.38. The van der Waals surface area contributed by atoms with E-state index in [0.717, 1.165) is 38.8 Å². The van der Waals surface area contributed by atoms with E-state index < -0.39 is 0 Å². The molecule has 0 aromatic carbocycles. The summed E-state index contributed by atoms with van der Waals surface area (Å²) in [5.41, 5.74) is -0.264. The maximum absolute atomic E-state index is 12.2. The van der Waals surface area contributed by atoms with Crippen molar-refractivity contribution in [3.8, 4) is 0 Å². The Kier molecular flexibility index (Phi) is 8.92. The van der Waals surface area contributed by atoms with Crippen LogP contribution in [0, 0.1) is 0 Å². The maximum Gasteiger partial charge on any atom is 0.240 e. The van der Waals surface area contributed by atoms with E-state index in [1.54, 1.807) is 0 Å². The largest absolute Gasteiger partial charge is 0.354 e. The molecule has 1 unspecified atom stereocenters. The van der Waals surface area contributed by atoms with E-state index >= 15 is 0 Å². The minimum atomic E-state index is -0.264. The Morgan fingerprint density at radius 1 is 1.05 bits per heavy atom. The number of rotatable bonds is 11. The molecule has 1 aliphatic rings. The van der Waals surface area contributed by atoms with Gasteiger partial charge in [-0.25, -0.2) is 0 Å². The lowest BCUT2D eigenvalue weighted by atomic mass is 9.93. The van der Waals surface area contributed by atoms with Gasteiger partial charge in [-0.15, -0.1) is 0 Å². The van der Waals surface area contributed by atoms with Crippen LogP contribution in [0.2, 0.25) is 0 Å². The van der Waals surface area contributed by atoms with Gasteiger partial charge in [0.15, 0.2) is 0 Å². The molecular formula is C17H34N2O. The molecule has 2 N–H and O–H groups in total. The second-order valence-corrected chi connectivity index (χ2v) is 6.20. The van der Waals surface area contributed by atoms with Gasteiger partial charge in [0.05, 0.1) is 5.54 Å². The van der Waals surface area contributed by atoms with E-state index in [1.807, 2.05) is 0 Å². The summed E-state index contributed by atoms with van der Waals surface area (Å²) in [4.78, 5) is 12.2. The summed E-state index contributed by atoms with van der Waals surface area (Å²) in [7, 11) is 0. The summed E-state index contributed by atoms with van der Waals surface area (Å²) >= 11 is 0. The van der Waals surface area contributed by atoms with Crippen molar-refractivity contribution in [3.05, 3.63) is 0 Å². The van der Waals surface area contributed by atoms with Gasteiger partial charge in [0.2, 0.25) is 5.91 Å². The number of hydrogen-bond acceptors (Lipinski definition) is 2. The van der Waals surface area contributed by atoms with Crippen molar-refractivity contribution in [2.24, 2.45) is 0 Å². The summed E-state index contributed by atoms with van der Waals surface area (Å²) in [6, 6.07) is 0. The first-order chi connectivity index (χ1) is 9.75. The van der Waals surface area contributed by atoms with Gasteiger partial charge in [-0.05, 0) is 32.2 Å². The summed E-state index contributed by atoms with van der Waals surface area (Å²) in [5, 5.41) is 6.51. The minimum Gasteiger partial charge on any atom is -0.354 e. The molecule has 1 rings (SSSR count). The highest BCUT2D eigenvalue weighted by molar-refractivity contribution is 5.86. The van der Waals surface area contributed by atoms with Crippen molar-refractivity contribution >= 4 is 5.91 Å². The van der Waals surface area contributed by atoms with Crippen LogP contribution in [-0.2, 0) is 4.79 Å². The molecule has 1 amide bonds. The predicted molar refractivity (Wildman–Crippen MR) is 85.9 cm³/mol. The fourth-order valence-corrected chi connectivity index (χ4v) is 3.09. The molecule has 1 saturated heterocycles. The number of carbonyl (C=O) groups is 1. The topological polar surface area (TPSA) is 41.1 Å². The first-order valence-electron chi connectivity index (χ1n) is 8.78. The van der Waals surface area contributed by atoms with Gasteiger partial charge in [-0.1, -0.05) is 58.8 Å². The van der Waals surface area contributed by atoms with Crippen molar-refractivity contribution in [2.75, 3.05) is 13.1 Å². The smallest absolute Gasteiger partial charge is 0.240 e. The molecule has 1 fully saturated rings. The van der Waals surface area contributed by atoms with Gasteiger partial charge in [-0.2, -0.15) is 0 Å². The van der Waals surface area contributed by atoms with Gasteiger partial charge >= 0.3 is 0 Å². The van der Waals surface area contributed by atoms with Crippen LogP contribution < -0.4 is 10.6 Å². The van der Waals surface area contributed by atoms with Crippen LogP contribution in [0.15, 0.2) is 0 Å². The molecule has 118 valence electrons. The van der Waals surface area contributed by atoms with Gasteiger partial charge in [0.25, 0.3) is 0 Å². The van der Waals surface area contributed by atoms with Crippen LogP contribution in [0.3, 0.4) is 0 Å². The second kappa shape index (κ2) is 10.2. The lowest BCUT2D eigenvalue weighted by Crippen LogP contribution is -2.53. The van der Waals surface area contributed by atoms with Crippen LogP contribution in [0.1, 0.15) is 84.5 Å². The molecule has 0 radical (unpaired) electrons. The third-order valence-corrected chi connectivity index (χ3v) is 4.60. The average Bonchev–Trinajstić information content (AvgIpc) is 2.95. The van der Waals surface area contributed by atoms with Gasteiger partial charge in [-0.3, -0.25) is 4.79 Å². The highest BCUT2D eigenvalue weighted by Crippen LogP contribution is 2.23. The van der Waals surface area contributed by atoms with Crippen LogP contribution in [0.5, 0.6) is 0 Å². The van der Waals surface area contributed by atoms with E-state index in [4.69, 9.17) is 0 Å². The van der Waals surface area contributed by atoms with Crippen molar-refractivity contribution in [1.29, 1.82) is 0 Å². The van der Waals surface area contributed by atoms with Gasteiger partial charge in [0.1, 0.15) is 0 Å². The molecule has 0 bridgehead atoms. The van der Waals surface area contributed by atoms with E-state index in [0.29, 0.717) is 0 Å². The molecular weight excluding hydrogens is 248 g/mol. The molecule has 0 saturated carbocycles. The Balaban J connectivity index is 1.99. The molecule has 0 aromatic rings. The van der Waals surface area contributed by atoms with Gasteiger partial charge in [0, 0.05) is 6.54 Å². The summed E-state index contributed by atoms with van der Waals surface area (Å²) in [6.45, 7) is 6.19. The fourth-order valence-electron chi connectivity index (χ4n) is 3.09. The molecule has 1 atom stereocenters. The molecule has 0 aromatic heterocycles. The standard InChI is InChI=1S/C17H34N2O/c1-3-5-6-7-8-9-10-11-14-18-16(20)17(4-2)13-12-15-19-17/h19H,3-15H2,1-2H3,(H,18,20). The zero-order valence-corrected chi connectivity index (χ0v) is 13.6. The van der Waals surface area contributed by atoms with Crippen molar-refractivity contribution in [1.82, 2.24) is 10.6 Å². The predicted octanol–water partition coefficient (Wildman–Crippen LogP) is 3.78. The molecule has 0 aliphatic carbocycles. The fraction of sp³-hybridized carbons (Fsp3) is 0.941. The minimum absolute atomic E-state index is 0.223. The molecule has 3 nitrogen and oxygen atoms in total. The number of hydrogen-bond donors (Lipinski definition) is 2. The van der Waals surface area contributed by atoms with E-state index in [9.17, 15) is 4.79 Å². The Morgan fingerprint density at radius 3 is 2.25 bits per heavy atom. The average molecular weight is 282 g/mol. The molecule has 1 heterocycles. The first-order valence-corrected chi connectivity index (χ1v) is 8.78. The molecule has 20 heavy (non-hydrogen) atoms. The third kappa shape index (κ3) is 5.82. The van der Waals surface area contributed by atoms with E-state index in [2.05, 4.69) is 24.5 Å². The second-order valence-electron chi connectivity index (χ2n) is 6.20. The Labute approximate surface area is 125 Å². The maximum atomic E-state index is 12.2. The summed E-state index contributed by atoms with van der Waals surface area (Å²) < 4.78 is 0. The van der Waals surface area contributed by atoms with Crippen LogP contribution in [-0.4, -0.2) is 24.5 Å². The van der Waals surface area contributed by atoms with E-state index in [1.165, 1.54) is 44.9 Å².